The molecule has 2 aromatic rings. The summed E-state index contributed by atoms with van der Waals surface area (Å²) in [5.41, 5.74) is 1.52. The molecule has 0 aliphatic carbocycles. The van der Waals surface area contributed by atoms with Gasteiger partial charge in [-0.15, -0.1) is 0 Å². The van der Waals surface area contributed by atoms with E-state index in [1.54, 1.807) is 36.4 Å². The molecule has 0 spiro atoms. The zero-order valence-corrected chi connectivity index (χ0v) is 18.7. The molecule has 7 nitrogen and oxygen atoms in total. The van der Waals surface area contributed by atoms with Crippen molar-refractivity contribution < 1.29 is 24.0 Å². The highest BCUT2D eigenvalue weighted by molar-refractivity contribution is 6.05. The summed E-state index contributed by atoms with van der Waals surface area (Å²) >= 11 is 0. The van der Waals surface area contributed by atoms with Gasteiger partial charge in [0.25, 0.3) is 11.8 Å². The van der Waals surface area contributed by atoms with Crippen molar-refractivity contribution in [3.8, 4) is 11.5 Å². The molecule has 31 heavy (non-hydrogen) atoms. The number of carbonyl (C=O) groups is 2. The van der Waals surface area contributed by atoms with E-state index in [2.05, 4.69) is 24.5 Å². The summed E-state index contributed by atoms with van der Waals surface area (Å²) in [6.45, 7) is 6.89. The van der Waals surface area contributed by atoms with Gasteiger partial charge in [0, 0.05) is 29.5 Å². The van der Waals surface area contributed by atoms with Crippen LogP contribution in [0.1, 0.15) is 30.6 Å². The van der Waals surface area contributed by atoms with E-state index in [4.69, 9.17) is 9.47 Å². The van der Waals surface area contributed by atoms with Crippen LogP contribution < -0.4 is 25.0 Å². The monoisotopic (exact) mass is 426 g/mol. The lowest BCUT2D eigenvalue weighted by atomic mass is 9.92. The molecular formula is C24H32N3O4+. The van der Waals surface area contributed by atoms with E-state index in [1.165, 1.54) is 25.5 Å². The number of quaternary nitrogens is 1. The van der Waals surface area contributed by atoms with Crippen LogP contribution in [-0.2, 0) is 4.79 Å². The van der Waals surface area contributed by atoms with Gasteiger partial charge in [-0.3, -0.25) is 9.59 Å². The SMILES string of the molecule is COc1cc(NC(=O)c2ccccc2)c(OC)cc1NC(=O)C[NH+]1C[C@H](C)C[C@@H](C)C1. The molecule has 0 unspecified atom stereocenters. The van der Waals surface area contributed by atoms with Crippen molar-refractivity contribution in [3.05, 3.63) is 48.0 Å². The maximum atomic E-state index is 12.7. The Labute approximate surface area is 183 Å². The van der Waals surface area contributed by atoms with E-state index >= 15 is 0 Å². The molecule has 1 heterocycles. The number of hydrogen-bond donors (Lipinski definition) is 3. The average Bonchev–Trinajstić information content (AvgIpc) is 2.74. The van der Waals surface area contributed by atoms with Crippen LogP contribution >= 0.6 is 0 Å². The first-order valence-electron chi connectivity index (χ1n) is 10.7. The van der Waals surface area contributed by atoms with Crippen molar-refractivity contribution in [2.45, 2.75) is 20.3 Å². The minimum atomic E-state index is -0.255. The largest absolute Gasteiger partial charge is 0.494 e. The minimum absolute atomic E-state index is 0.0716. The van der Waals surface area contributed by atoms with Gasteiger partial charge in [-0.2, -0.15) is 0 Å². The predicted octanol–water partition coefficient (Wildman–Crippen LogP) is 2.46. The highest BCUT2D eigenvalue weighted by Gasteiger charge is 2.27. The molecule has 0 radical (unpaired) electrons. The lowest BCUT2D eigenvalue weighted by molar-refractivity contribution is -0.904. The number of rotatable bonds is 7. The van der Waals surface area contributed by atoms with E-state index in [0.29, 0.717) is 46.8 Å². The molecule has 7 heteroatoms. The number of likely N-dealkylation sites (tertiary alicyclic amines) is 1. The summed E-state index contributed by atoms with van der Waals surface area (Å²) in [6.07, 6.45) is 1.21. The minimum Gasteiger partial charge on any atom is -0.494 e. The topological polar surface area (TPSA) is 81.1 Å². The Morgan fingerprint density at radius 3 is 2.03 bits per heavy atom. The zero-order chi connectivity index (χ0) is 22.4. The number of benzene rings is 2. The lowest BCUT2D eigenvalue weighted by Crippen LogP contribution is -3.15. The van der Waals surface area contributed by atoms with Crippen molar-refractivity contribution in [2.75, 3.05) is 44.5 Å². The van der Waals surface area contributed by atoms with Crippen LogP contribution in [0.3, 0.4) is 0 Å². The Balaban J connectivity index is 1.73. The maximum absolute atomic E-state index is 12.7. The van der Waals surface area contributed by atoms with Crippen LogP contribution in [0.2, 0.25) is 0 Å². The standard InChI is InChI=1S/C24H31N3O4/c1-16-10-17(2)14-27(13-16)15-23(28)25-19-11-22(31-4)20(12-21(19)30-3)26-24(29)18-8-6-5-7-9-18/h5-9,11-12,16-17H,10,13-15H2,1-4H3,(H,25,28)(H,26,29)/p+1/t16-,17-/m1/s1. The molecule has 1 fully saturated rings. The number of piperidine rings is 1. The molecule has 1 saturated heterocycles. The van der Waals surface area contributed by atoms with Crippen molar-refractivity contribution in [2.24, 2.45) is 11.8 Å². The first kappa shape index (κ1) is 22.6. The summed E-state index contributed by atoms with van der Waals surface area (Å²) in [6, 6.07) is 12.3. The molecular weight excluding hydrogens is 394 g/mol. The summed E-state index contributed by atoms with van der Waals surface area (Å²) in [4.78, 5) is 26.5. The summed E-state index contributed by atoms with van der Waals surface area (Å²) in [5.74, 6) is 1.80. The van der Waals surface area contributed by atoms with Crippen molar-refractivity contribution >= 4 is 23.2 Å². The number of nitrogens with one attached hydrogen (secondary N) is 3. The molecule has 1 aliphatic heterocycles. The van der Waals surface area contributed by atoms with E-state index in [1.807, 2.05) is 6.07 Å². The normalized spacial score (nSPS) is 20.6. The highest BCUT2D eigenvalue weighted by atomic mass is 16.5. The fourth-order valence-electron chi connectivity index (χ4n) is 4.37. The lowest BCUT2D eigenvalue weighted by Gasteiger charge is -2.31. The first-order valence-corrected chi connectivity index (χ1v) is 10.7. The van der Waals surface area contributed by atoms with Gasteiger partial charge in [0.1, 0.15) is 11.5 Å². The Morgan fingerprint density at radius 2 is 1.48 bits per heavy atom. The Kier molecular flexibility index (Phi) is 7.52. The van der Waals surface area contributed by atoms with Gasteiger partial charge >= 0.3 is 0 Å². The van der Waals surface area contributed by atoms with Crippen molar-refractivity contribution in [1.82, 2.24) is 0 Å². The third-order valence-corrected chi connectivity index (χ3v) is 5.57. The Morgan fingerprint density at radius 1 is 0.935 bits per heavy atom. The number of ether oxygens (including phenoxy) is 2. The highest BCUT2D eigenvalue weighted by Crippen LogP contribution is 2.36. The van der Waals surface area contributed by atoms with Gasteiger partial charge < -0.3 is 25.0 Å². The van der Waals surface area contributed by atoms with Gasteiger partial charge in [-0.1, -0.05) is 32.0 Å². The van der Waals surface area contributed by atoms with Gasteiger partial charge in [-0.25, -0.2) is 0 Å². The van der Waals surface area contributed by atoms with Crippen LogP contribution in [0.15, 0.2) is 42.5 Å². The zero-order valence-electron chi connectivity index (χ0n) is 18.7. The van der Waals surface area contributed by atoms with Gasteiger partial charge in [0.2, 0.25) is 0 Å². The number of amides is 2. The average molecular weight is 427 g/mol. The summed E-state index contributed by atoms with van der Waals surface area (Å²) < 4.78 is 10.9. The molecule has 0 bridgehead atoms. The van der Waals surface area contributed by atoms with E-state index in [0.717, 1.165) is 13.1 Å². The van der Waals surface area contributed by atoms with Crippen LogP contribution in [0.4, 0.5) is 11.4 Å². The Hall–Kier alpha value is -3.06. The van der Waals surface area contributed by atoms with Gasteiger partial charge in [-0.05, 0) is 18.6 Å². The molecule has 3 rings (SSSR count). The fourth-order valence-corrected chi connectivity index (χ4v) is 4.37. The van der Waals surface area contributed by atoms with E-state index in [9.17, 15) is 9.59 Å². The smallest absolute Gasteiger partial charge is 0.279 e. The molecule has 0 aromatic heterocycles. The van der Waals surface area contributed by atoms with E-state index < -0.39 is 0 Å². The first-order chi connectivity index (χ1) is 14.9. The molecule has 3 N–H and O–H groups in total. The van der Waals surface area contributed by atoms with Crippen molar-refractivity contribution in [3.63, 3.8) is 0 Å². The third-order valence-electron chi connectivity index (χ3n) is 5.57. The molecule has 166 valence electrons. The number of hydrogen-bond acceptors (Lipinski definition) is 4. The fraction of sp³-hybridized carbons (Fsp3) is 0.417. The van der Waals surface area contributed by atoms with Crippen LogP contribution in [0, 0.1) is 11.8 Å². The maximum Gasteiger partial charge on any atom is 0.279 e. The molecule has 0 saturated carbocycles. The molecule has 1 aliphatic rings. The number of carbonyl (C=O) groups excluding carboxylic acids is 2. The predicted molar refractivity (Wildman–Crippen MR) is 121 cm³/mol. The van der Waals surface area contributed by atoms with Crippen LogP contribution in [-0.4, -0.2) is 45.7 Å². The second-order valence-corrected chi connectivity index (χ2v) is 8.40. The molecule has 2 aromatic carbocycles. The number of anilines is 2. The quantitative estimate of drug-likeness (QED) is 0.635. The Bertz CT molecular complexity index is 907. The van der Waals surface area contributed by atoms with E-state index in [-0.39, 0.29) is 11.8 Å². The van der Waals surface area contributed by atoms with Gasteiger partial charge in [0.15, 0.2) is 6.54 Å². The van der Waals surface area contributed by atoms with Crippen molar-refractivity contribution in [1.29, 1.82) is 0 Å². The molecule has 2 atom stereocenters. The van der Waals surface area contributed by atoms with Gasteiger partial charge in [0.05, 0.1) is 38.7 Å². The molecule has 2 amide bonds. The number of methoxy groups -OCH3 is 2. The third kappa shape index (κ3) is 5.98. The summed E-state index contributed by atoms with van der Waals surface area (Å²) in [5, 5.41) is 5.80. The van der Waals surface area contributed by atoms with Crippen LogP contribution in [0.5, 0.6) is 11.5 Å². The second-order valence-electron chi connectivity index (χ2n) is 8.40. The van der Waals surface area contributed by atoms with Crippen LogP contribution in [0.25, 0.3) is 0 Å². The second kappa shape index (κ2) is 10.3. The summed E-state index contributed by atoms with van der Waals surface area (Å²) in [7, 11) is 3.05.